The highest BCUT2D eigenvalue weighted by Gasteiger charge is 2.50. The first-order valence-electron chi connectivity index (χ1n) is 10.2. The van der Waals surface area contributed by atoms with E-state index in [0.29, 0.717) is 24.9 Å². The van der Waals surface area contributed by atoms with E-state index in [1.165, 1.54) is 12.8 Å². The summed E-state index contributed by atoms with van der Waals surface area (Å²) >= 11 is 0. The number of fused-ring (bicyclic) bond motifs is 1. The lowest BCUT2D eigenvalue weighted by Crippen LogP contribution is -2.64. The van der Waals surface area contributed by atoms with Crippen LogP contribution in [0.5, 0.6) is 0 Å². The molecule has 0 bridgehead atoms. The van der Waals surface area contributed by atoms with Gasteiger partial charge >= 0.3 is 0 Å². The summed E-state index contributed by atoms with van der Waals surface area (Å²) in [5.41, 5.74) is 3.22. The fourth-order valence-electron chi connectivity index (χ4n) is 5.21. The van der Waals surface area contributed by atoms with Gasteiger partial charge in [-0.05, 0) is 48.3 Å². The molecule has 5 rings (SSSR count). The van der Waals surface area contributed by atoms with Gasteiger partial charge < -0.3 is 15.5 Å². The van der Waals surface area contributed by atoms with E-state index in [-0.39, 0.29) is 24.1 Å². The molecule has 28 heavy (non-hydrogen) atoms. The summed E-state index contributed by atoms with van der Waals surface area (Å²) in [4.78, 5) is 38.3. The SMILES string of the molecule is O=C1CCC(N2Cc3cccc(CNCC4CCC45CNC5)c3C2=O)C(=O)N1. The maximum Gasteiger partial charge on any atom is 0.255 e. The molecule has 3 amide bonds. The van der Waals surface area contributed by atoms with Gasteiger partial charge in [-0.3, -0.25) is 19.7 Å². The van der Waals surface area contributed by atoms with Crippen LogP contribution in [0.1, 0.15) is 47.2 Å². The number of carbonyl (C=O) groups excluding carboxylic acids is 3. The number of carbonyl (C=O) groups is 3. The topological polar surface area (TPSA) is 90.5 Å². The zero-order valence-electron chi connectivity index (χ0n) is 15.9. The molecule has 148 valence electrons. The zero-order chi connectivity index (χ0) is 19.3. The van der Waals surface area contributed by atoms with Crippen molar-refractivity contribution < 1.29 is 14.4 Å². The van der Waals surface area contributed by atoms with Crippen LogP contribution in [0, 0.1) is 11.3 Å². The molecular formula is C21H26N4O3. The summed E-state index contributed by atoms with van der Waals surface area (Å²) in [5, 5.41) is 9.31. The van der Waals surface area contributed by atoms with Crippen molar-refractivity contribution in [3.63, 3.8) is 0 Å². The Morgan fingerprint density at radius 3 is 2.71 bits per heavy atom. The number of nitrogens with zero attached hydrogens (tertiary/aromatic N) is 1. The first-order valence-corrected chi connectivity index (χ1v) is 10.2. The molecule has 2 atom stereocenters. The van der Waals surface area contributed by atoms with Crippen LogP contribution in [-0.4, -0.2) is 48.3 Å². The lowest BCUT2D eigenvalue weighted by atomic mass is 9.56. The Morgan fingerprint density at radius 2 is 2.04 bits per heavy atom. The largest absolute Gasteiger partial charge is 0.322 e. The van der Waals surface area contributed by atoms with Gasteiger partial charge in [0, 0.05) is 38.2 Å². The lowest BCUT2D eigenvalue weighted by molar-refractivity contribution is -0.136. The highest BCUT2D eigenvalue weighted by molar-refractivity contribution is 6.05. The van der Waals surface area contributed by atoms with Gasteiger partial charge in [-0.25, -0.2) is 0 Å². The van der Waals surface area contributed by atoms with Crippen LogP contribution in [0.4, 0.5) is 0 Å². The van der Waals surface area contributed by atoms with Gasteiger partial charge in [0.25, 0.3) is 5.91 Å². The Labute approximate surface area is 164 Å². The predicted octanol–water partition coefficient (Wildman–Crippen LogP) is 0.537. The molecule has 0 radical (unpaired) electrons. The van der Waals surface area contributed by atoms with Crippen molar-refractivity contribution in [2.24, 2.45) is 11.3 Å². The second-order valence-electron chi connectivity index (χ2n) is 8.68. The van der Waals surface area contributed by atoms with Gasteiger partial charge in [-0.2, -0.15) is 0 Å². The molecule has 4 aliphatic rings. The molecule has 3 fully saturated rings. The molecule has 1 saturated carbocycles. The minimum Gasteiger partial charge on any atom is -0.322 e. The fourth-order valence-corrected chi connectivity index (χ4v) is 5.21. The smallest absolute Gasteiger partial charge is 0.255 e. The Hall–Kier alpha value is -2.25. The second-order valence-corrected chi connectivity index (χ2v) is 8.68. The molecule has 3 N–H and O–H groups in total. The Kier molecular flexibility index (Phi) is 4.25. The van der Waals surface area contributed by atoms with Crippen LogP contribution in [0.2, 0.25) is 0 Å². The van der Waals surface area contributed by atoms with Crippen LogP contribution in [0.3, 0.4) is 0 Å². The van der Waals surface area contributed by atoms with E-state index in [0.717, 1.165) is 42.2 Å². The van der Waals surface area contributed by atoms with Crippen LogP contribution >= 0.6 is 0 Å². The number of benzene rings is 1. The molecule has 2 unspecified atom stereocenters. The minimum absolute atomic E-state index is 0.0924. The van der Waals surface area contributed by atoms with E-state index in [2.05, 4.69) is 16.0 Å². The van der Waals surface area contributed by atoms with Crippen LogP contribution in [-0.2, 0) is 22.7 Å². The monoisotopic (exact) mass is 382 g/mol. The van der Waals surface area contributed by atoms with Crippen molar-refractivity contribution >= 4 is 17.7 Å². The third-order valence-electron chi connectivity index (χ3n) is 7.16. The maximum atomic E-state index is 13.1. The summed E-state index contributed by atoms with van der Waals surface area (Å²) in [7, 11) is 0. The highest BCUT2D eigenvalue weighted by atomic mass is 16.2. The first kappa shape index (κ1) is 17.8. The highest BCUT2D eigenvalue weighted by Crippen LogP contribution is 2.49. The third kappa shape index (κ3) is 2.76. The van der Waals surface area contributed by atoms with Gasteiger partial charge in [0.05, 0.1) is 0 Å². The molecule has 3 heterocycles. The number of piperidine rings is 1. The number of hydrogen-bond acceptors (Lipinski definition) is 5. The molecule has 1 aromatic carbocycles. The van der Waals surface area contributed by atoms with Crippen LogP contribution < -0.4 is 16.0 Å². The van der Waals surface area contributed by atoms with Gasteiger partial charge in [-0.15, -0.1) is 0 Å². The van der Waals surface area contributed by atoms with Crippen molar-refractivity contribution in [1.29, 1.82) is 0 Å². The van der Waals surface area contributed by atoms with Crippen molar-refractivity contribution in [2.75, 3.05) is 19.6 Å². The van der Waals surface area contributed by atoms with Crippen molar-refractivity contribution in [2.45, 2.75) is 44.8 Å². The number of amides is 3. The van der Waals surface area contributed by atoms with Gasteiger partial charge in [0.15, 0.2) is 0 Å². The molecule has 0 aromatic heterocycles. The standard InChI is InChI=1S/C21H26N4O3/c26-17-5-4-16(19(27)24-17)25-10-14-3-1-2-13(18(14)20(25)28)8-22-9-15-6-7-21(15)11-23-12-21/h1-3,15-16,22-23H,4-12H2,(H,24,26,27). The first-order chi connectivity index (χ1) is 13.6. The van der Waals surface area contributed by atoms with E-state index in [9.17, 15) is 14.4 Å². The van der Waals surface area contributed by atoms with E-state index in [4.69, 9.17) is 0 Å². The number of imide groups is 1. The van der Waals surface area contributed by atoms with Crippen molar-refractivity contribution in [3.05, 3.63) is 34.9 Å². The average Bonchev–Trinajstić information content (AvgIpc) is 2.94. The van der Waals surface area contributed by atoms with E-state index < -0.39 is 6.04 Å². The molecule has 1 aliphatic carbocycles. The Morgan fingerprint density at radius 1 is 1.18 bits per heavy atom. The van der Waals surface area contributed by atoms with E-state index in [1.54, 1.807) is 4.90 Å². The summed E-state index contributed by atoms with van der Waals surface area (Å²) in [5.74, 6) is 0.0126. The molecule has 7 nitrogen and oxygen atoms in total. The third-order valence-corrected chi connectivity index (χ3v) is 7.16. The van der Waals surface area contributed by atoms with Gasteiger partial charge in [-0.1, -0.05) is 18.2 Å². The Balaban J connectivity index is 1.26. The second kappa shape index (κ2) is 6.67. The summed E-state index contributed by atoms with van der Waals surface area (Å²) in [6.07, 6.45) is 3.29. The van der Waals surface area contributed by atoms with Gasteiger partial charge in [0.2, 0.25) is 11.8 Å². The Bertz CT molecular complexity index is 843. The quantitative estimate of drug-likeness (QED) is 0.647. The predicted molar refractivity (Wildman–Crippen MR) is 102 cm³/mol. The normalized spacial score (nSPS) is 28.0. The van der Waals surface area contributed by atoms with Crippen LogP contribution in [0.25, 0.3) is 0 Å². The fraction of sp³-hybridized carbons (Fsp3) is 0.571. The molecule has 1 aromatic rings. The minimum atomic E-state index is -0.556. The summed E-state index contributed by atoms with van der Waals surface area (Å²) in [6.45, 7) is 4.36. The molecular weight excluding hydrogens is 356 g/mol. The average molecular weight is 382 g/mol. The molecule has 3 aliphatic heterocycles. The van der Waals surface area contributed by atoms with E-state index in [1.807, 2.05) is 18.2 Å². The number of rotatable bonds is 5. The molecule has 1 spiro atoms. The molecule has 2 saturated heterocycles. The van der Waals surface area contributed by atoms with E-state index >= 15 is 0 Å². The molecule has 7 heteroatoms. The van der Waals surface area contributed by atoms with Crippen molar-refractivity contribution in [3.8, 4) is 0 Å². The number of nitrogens with one attached hydrogen (secondary N) is 3. The maximum absolute atomic E-state index is 13.1. The van der Waals surface area contributed by atoms with Crippen LogP contribution in [0.15, 0.2) is 18.2 Å². The van der Waals surface area contributed by atoms with Gasteiger partial charge in [0.1, 0.15) is 6.04 Å². The summed E-state index contributed by atoms with van der Waals surface area (Å²) in [6, 6.07) is 5.39. The lowest BCUT2D eigenvalue weighted by Gasteiger charge is -2.56. The number of hydrogen-bond donors (Lipinski definition) is 3. The van der Waals surface area contributed by atoms with Crippen molar-refractivity contribution in [1.82, 2.24) is 20.9 Å². The zero-order valence-corrected chi connectivity index (χ0v) is 15.9. The summed E-state index contributed by atoms with van der Waals surface area (Å²) < 4.78 is 0.